The van der Waals surface area contributed by atoms with Crippen molar-refractivity contribution in [3.63, 3.8) is 0 Å². The molecular formula is C10H10FN5O2. The van der Waals surface area contributed by atoms with Crippen LogP contribution in [0.2, 0.25) is 0 Å². The molecule has 0 spiro atoms. The third kappa shape index (κ3) is 2.13. The van der Waals surface area contributed by atoms with Crippen molar-refractivity contribution < 1.29 is 14.4 Å². The van der Waals surface area contributed by atoms with Crippen LogP contribution < -0.4 is 11.2 Å². The van der Waals surface area contributed by atoms with Gasteiger partial charge in [-0.05, 0) is 6.07 Å². The fourth-order valence-corrected chi connectivity index (χ4v) is 1.44. The van der Waals surface area contributed by atoms with Crippen molar-refractivity contribution in [1.82, 2.24) is 20.5 Å². The van der Waals surface area contributed by atoms with Crippen LogP contribution in [0.1, 0.15) is 16.1 Å². The van der Waals surface area contributed by atoms with Crippen molar-refractivity contribution >= 4 is 11.7 Å². The van der Waals surface area contributed by atoms with Gasteiger partial charge in [-0.1, -0.05) is 23.4 Å². The van der Waals surface area contributed by atoms with Gasteiger partial charge in [-0.25, -0.2) is 14.6 Å². The van der Waals surface area contributed by atoms with Gasteiger partial charge in [0.05, 0.1) is 6.54 Å². The molecule has 7 nitrogen and oxygen atoms in total. The molecule has 1 amide bonds. The number of benzene rings is 1. The molecule has 0 aliphatic heterocycles. The maximum Gasteiger partial charge on any atom is 0.299 e. The number of anilines is 1. The molecule has 0 radical (unpaired) electrons. The molecule has 2 rings (SSSR count). The highest BCUT2D eigenvalue weighted by Gasteiger charge is 2.17. The number of nitrogens with zero attached hydrogens (tertiary/aromatic N) is 3. The van der Waals surface area contributed by atoms with E-state index >= 15 is 0 Å². The molecule has 0 saturated heterocycles. The first-order chi connectivity index (χ1) is 8.63. The van der Waals surface area contributed by atoms with Gasteiger partial charge in [0.2, 0.25) is 0 Å². The molecule has 8 heteroatoms. The predicted molar refractivity (Wildman–Crippen MR) is 59.2 cm³/mol. The molecule has 0 aliphatic carbocycles. The number of aromatic nitrogens is 3. The second-order valence-corrected chi connectivity index (χ2v) is 3.51. The quantitative estimate of drug-likeness (QED) is 0.532. The first kappa shape index (κ1) is 12.0. The van der Waals surface area contributed by atoms with Gasteiger partial charge in [-0.2, -0.15) is 0 Å². The van der Waals surface area contributed by atoms with E-state index in [1.54, 1.807) is 18.2 Å². The van der Waals surface area contributed by atoms with Gasteiger partial charge in [0, 0.05) is 5.56 Å². The number of carbonyl (C=O) groups excluding carboxylic acids is 1. The Bertz CT molecular complexity index is 583. The summed E-state index contributed by atoms with van der Waals surface area (Å²) >= 11 is 0. The molecule has 18 heavy (non-hydrogen) atoms. The molecule has 0 bridgehead atoms. The summed E-state index contributed by atoms with van der Waals surface area (Å²) in [6, 6.07) is 6.12. The molecule has 1 aromatic heterocycles. The number of halogens is 1. The topological polar surface area (TPSA) is 106 Å². The summed E-state index contributed by atoms with van der Waals surface area (Å²) in [5.74, 6) is -1.32. The second kappa shape index (κ2) is 4.80. The van der Waals surface area contributed by atoms with Crippen LogP contribution in [0.15, 0.2) is 24.3 Å². The van der Waals surface area contributed by atoms with E-state index < -0.39 is 11.7 Å². The van der Waals surface area contributed by atoms with Gasteiger partial charge in [0.15, 0.2) is 11.5 Å². The molecule has 2 aromatic rings. The molecule has 1 heterocycles. The Labute approximate surface area is 101 Å². The average molecular weight is 251 g/mol. The van der Waals surface area contributed by atoms with Crippen molar-refractivity contribution in [2.75, 3.05) is 5.73 Å². The fraction of sp³-hybridized carbons (Fsp3) is 0.100. The molecule has 0 saturated carbocycles. The van der Waals surface area contributed by atoms with Crippen molar-refractivity contribution in [3.8, 4) is 0 Å². The molecule has 94 valence electrons. The van der Waals surface area contributed by atoms with E-state index in [-0.39, 0.29) is 18.1 Å². The van der Waals surface area contributed by atoms with Crippen molar-refractivity contribution in [1.29, 1.82) is 0 Å². The van der Waals surface area contributed by atoms with Crippen molar-refractivity contribution in [3.05, 3.63) is 41.3 Å². The Morgan fingerprint density at radius 3 is 2.89 bits per heavy atom. The summed E-state index contributed by atoms with van der Waals surface area (Å²) < 4.78 is 14.6. The Morgan fingerprint density at radius 1 is 1.50 bits per heavy atom. The van der Waals surface area contributed by atoms with Gasteiger partial charge in [-0.15, -0.1) is 5.10 Å². The smallest absolute Gasteiger partial charge is 0.299 e. The molecule has 0 aliphatic rings. The number of nitrogen functional groups attached to an aromatic ring is 1. The predicted octanol–water partition coefficient (Wildman–Crippen LogP) is 0.167. The summed E-state index contributed by atoms with van der Waals surface area (Å²) in [6.45, 7) is 0.0458. The normalized spacial score (nSPS) is 10.3. The van der Waals surface area contributed by atoms with Crippen LogP contribution in [-0.4, -0.2) is 26.1 Å². The van der Waals surface area contributed by atoms with Crippen LogP contribution in [0.5, 0.6) is 0 Å². The first-order valence-electron chi connectivity index (χ1n) is 5.00. The summed E-state index contributed by atoms with van der Waals surface area (Å²) in [5.41, 5.74) is 7.17. The van der Waals surface area contributed by atoms with Crippen LogP contribution >= 0.6 is 0 Å². The Hall–Kier alpha value is -2.48. The van der Waals surface area contributed by atoms with Crippen LogP contribution in [0.3, 0.4) is 0 Å². The highest BCUT2D eigenvalue weighted by molar-refractivity contribution is 5.95. The number of hydroxylamine groups is 1. The minimum Gasteiger partial charge on any atom is -0.382 e. The lowest BCUT2D eigenvalue weighted by Gasteiger charge is -2.04. The van der Waals surface area contributed by atoms with Crippen molar-refractivity contribution in [2.24, 2.45) is 0 Å². The van der Waals surface area contributed by atoms with E-state index in [2.05, 4.69) is 10.3 Å². The zero-order valence-corrected chi connectivity index (χ0v) is 9.17. The minimum absolute atomic E-state index is 0.0458. The van der Waals surface area contributed by atoms with Gasteiger partial charge in [0.25, 0.3) is 5.91 Å². The van der Waals surface area contributed by atoms with E-state index in [0.29, 0.717) is 5.56 Å². The van der Waals surface area contributed by atoms with E-state index in [0.717, 1.165) is 0 Å². The molecular weight excluding hydrogens is 241 g/mol. The zero-order chi connectivity index (χ0) is 13.1. The SMILES string of the molecule is Nc1c(C(=O)NO)nnn1Cc1ccccc1F. The third-order valence-corrected chi connectivity index (χ3v) is 2.37. The monoisotopic (exact) mass is 251 g/mol. The van der Waals surface area contributed by atoms with E-state index in [1.165, 1.54) is 16.2 Å². The number of nitrogens with one attached hydrogen (secondary N) is 1. The van der Waals surface area contributed by atoms with Gasteiger partial charge in [-0.3, -0.25) is 10.0 Å². The molecule has 0 atom stereocenters. The number of amides is 1. The summed E-state index contributed by atoms with van der Waals surface area (Å²) in [7, 11) is 0. The largest absolute Gasteiger partial charge is 0.382 e. The van der Waals surface area contributed by atoms with Crippen molar-refractivity contribution in [2.45, 2.75) is 6.54 Å². The molecule has 4 N–H and O–H groups in total. The maximum absolute atomic E-state index is 13.4. The molecule has 0 fully saturated rings. The summed E-state index contributed by atoms with van der Waals surface area (Å²) in [5, 5.41) is 15.6. The Kier molecular flexibility index (Phi) is 3.20. The second-order valence-electron chi connectivity index (χ2n) is 3.51. The Balaban J connectivity index is 2.29. The molecule has 1 aromatic carbocycles. The standard InChI is InChI=1S/C10H10FN5O2/c11-7-4-2-1-3-6(7)5-16-9(12)8(13-15-16)10(17)14-18/h1-4,18H,5,12H2,(H,14,17). The number of rotatable bonds is 3. The van der Waals surface area contributed by atoms with Crippen LogP contribution in [0.4, 0.5) is 10.2 Å². The van der Waals surface area contributed by atoms with Gasteiger partial charge in [0.1, 0.15) is 5.82 Å². The third-order valence-electron chi connectivity index (χ3n) is 2.37. The van der Waals surface area contributed by atoms with Crippen LogP contribution in [-0.2, 0) is 6.54 Å². The zero-order valence-electron chi connectivity index (χ0n) is 9.17. The highest BCUT2D eigenvalue weighted by atomic mass is 19.1. The highest BCUT2D eigenvalue weighted by Crippen LogP contribution is 2.12. The lowest BCUT2D eigenvalue weighted by atomic mass is 10.2. The van der Waals surface area contributed by atoms with E-state index in [9.17, 15) is 9.18 Å². The van der Waals surface area contributed by atoms with Gasteiger partial charge >= 0.3 is 0 Å². The lowest BCUT2D eigenvalue weighted by molar-refractivity contribution is 0.0701. The first-order valence-corrected chi connectivity index (χ1v) is 5.00. The van der Waals surface area contributed by atoms with Gasteiger partial charge < -0.3 is 5.73 Å². The lowest BCUT2D eigenvalue weighted by Crippen LogP contribution is -2.20. The van der Waals surface area contributed by atoms with E-state index in [4.69, 9.17) is 10.9 Å². The van der Waals surface area contributed by atoms with Crippen LogP contribution in [0.25, 0.3) is 0 Å². The Morgan fingerprint density at radius 2 is 2.22 bits per heavy atom. The maximum atomic E-state index is 13.4. The number of nitrogens with two attached hydrogens (primary N) is 1. The molecule has 0 unspecified atom stereocenters. The van der Waals surface area contributed by atoms with E-state index in [1.807, 2.05) is 0 Å². The number of hydrogen-bond acceptors (Lipinski definition) is 5. The summed E-state index contributed by atoms with van der Waals surface area (Å²) in [6.07, 6.45) is 0. The van der Waals surface area contributed by atoms with Crippen LogP contribution in [0, 0.1) is 5.82 Å². The fourth-order valence-electron chi connectivity index (χ4n) is 1.44. The minimum atomic E-state index is -0.868. The number of carbonyl (C=O) groups is 1. The average Bonchev–Trinajstić information content (AvgIpc) is 2.73. The number of hydrogen-bond donors (Lipinski definition) is 3. The summed E-state index contributed by atoms with van der Waals surface area (Å²) in [4.78, 5) is 11.1.